The van der Waals surface area contributed by atoms with E-state index in [1.807, 2.05) is 30.3 Å². The number of carbonyl (C=O) groups is 1. The summed E-state index contributed by atoms with van der Waals surface area (Å²) in [6.45, 7) is 0.247. The van der Waals surface area contributed by atoms with E-state index in [2.05, 4.69) is 10.1 Å². The molecule has 1 aliphatic carbocycles. The molecule has 2 aromatic heterocycles. The zero-order chi connectivity index (χ0) is 26.2. The molecule has 0 unspecified atom stereocenters. The van der Waals surface area contributed by atoms with Crippen molar-refractivity contribution in [3.63, 3.8) is 0 Å². The molecule has 0 aliphatic heterocycles. The van der Waals surface area contributed by atoms with E-state index >= 15 is 0 Å². The van der Waals surface area contributed by atoms with E-state index in [4.69, 9.17) is 37.2 Å². The Labute approximate surface area is 227 Å². The van der Waals surface area contributed by atoms with Gasteiger partial charge in [0.1, 0.15) is 35.1 Å². The lowest BCUT2D eigenvalue weighted by Crippen LogP contribution is -2.01. The number of pyridine rings is 1. The van der Waals surface area contributed by atoms with E-state index in [-0.39, 0.29) is 18.1 Å². The Morgan fingerprint density at radius 2 is 1.68 bits per heavy atom. The molecule has 6 rings (SSSR count). The van der Waals surface area contributed by atoms with Crippen LogP contribution in [0.4, 0.5) is 0 Å². The first-order chi connectivity index (χ1) is 18.5. The Morgan fingerprint density at radius 1 is 0.974 bits per heavy atom. The smallest absolute Gasteiger partial charge is 0.341 e. The van der Waals surface area contributed by atoms with Crippen LogP contribution in [-0.2, 0) is 6.61 Å². The molecule has 7 nitrogen and oxygen atoms in total. The summed E-state index contributed by atoms with van der Waals surface area (Å²) in [7, 11) is 0. The number of carboxylic acids is 1. The number of halogens is 2. The van der Waals surface area contributed by atoms with Crippen molar-refractivity contribution in [2.75, 3.05) is 0 Å². The van der Waals surface area contributed by atoms with Crippen LogP contribution < -0.4 is 9.47 Å². The van der Waals surface area contributed by atoms with Crippen molar-refractivity contribution in [3.05, 3.63) is 99.9 Å². The van der Waals surface area contributed by atoms with Crippen LogP contribution in [-0.4, -0.2) is 21.2 Å². The first-order valence-electron chi connectivity index (χ1n) is 11.9. The standard InChI is InChI=1S/C29H20Cl2N2O5/c30-23-4-1-5-24(31)25(23)26-22(27(38-33-26)16-6-7-16)15-36-19-10-8-18-14-20(11-9-17(18)13-19)37-28-21(29(34)35)3-2-12-32-28/h1-5,8-14,16H,6-7,15H2,(H,34,35). The number of carboxylic acid groups (broad SMARTS) is 1. The van der Waals surface area contributed by atoms with Crippen LogP contribution in [0.25, 0.3) is 22.0 Å². The predicted octanol–water partition coefficient (Wildman–Crippen LogP) is 8.14. The normalized spacial score (nSPS) is 13.0. The summed E-state index contributed by atoms with van der Waals surface area (Å²) in [5.41, 5.74) is 2.07. The van der Waals surface area contributed by atoms with Crippen molar-refractivity contribution in [2.24, 2.45) is 0 Å². The Kier molecular flexibility index (Phi) is 6.39. The third kappa shape index (κ3) is 4.78. The maximum Gasteiger partial charge on any atom is 0.341 e. The zero-order valence-corrected chi connectivity index (χ0v) is 21.4. The first kappa shape index (κ1) is 24.3. The molecule has 1 fully saturated rings. The van der Waals surface area contributed by atoms with Gasteiger partial charge >= 0.3 is 5.97 Å². The SMILES string of the molecule is O=C(O)c1cccnc1Oc1ccc2cc(OCc3c(-c4c(Cl)cccc4Cl)noc3C3CC3)ccc2c1. The first-order valence-corrected chi connectivity index (χ1v) is 12.7. The van der Waals surface area contributed by atoms with Gasteiger partial charge in [-0.05, 0) is 72.1 Å². The number of rotatable bonds is 8. The van der Waals surface area contributed by atoms with Gasteiger partial charge in [-0.3, -0.25) is 0 Å². The quantitative estimate of drug-likeness (QED) is 0.210. The van der Waals surface area contributed by atoms with Crippen molar-refractivity contribution in [1.82, 2.24) is 10.1 Å². The minimum absolute atomic E-state index is 0.00639. The fraction of sp³-hybridized carbons (Fsp3) is 0.138. The molecule has 38 heavy (non-hydrogen) atoms. The summed E-state index contributed by atoms with van der Waals surface area (Å²) in [5, 5.41) is 16.5. The fourth-order valence-corrected chi connectivity index (χ4v) is 4.88. The molecule has 1 aliphatic rings. The molecule has 0 spiro atoms. The van der Waals surface area contributed by atoms with Crippen molar-refractivity contribution < 1.29 is 23.9 Å². The van der Waals surface area contributed by atoms with E-state index in [9.17, 15) is 9.90 Å². The van der Waals surface area contributed by atoms with Gasteiger partial charge in [-0.1, -0.05) is 46.6 Å². The highest BCUT2D eigenvalue weighted by Gasteiger charge is 2.33. The van der Waals surface area contributed by atoms with Crippen LogP contribution >= 0.6 is 23.2 Å². The largest absolute Gasteiger partial charge is 0.489 e. The molecule has 1 saturated carbocycles. The van der Waals surface area contributed by atoms with Gasteiger partial charge in [0.05, 0.1) is 15.6 Å². The van der Waals surface area contributed by atoms with Gasteiger partial charge in [-0.2, -0.15) is 0 Å². The van der Waals surface area contributed by atoms with Crippen molar-refractivity contribution in [1.29, 1.82) is 0 Å². The molecule has 5 aromatic rings. The van der Waals surface area contributed by atoms with Gasteiger partial charge in [0.25, 0.3) is 0 Å². The topological polar surface area (TPSA) is 94.7 Å². The highest BCUT2D eigenvalue weighted by molar-refractivity contribution is 6.39. The molecule has 1 N–H and O–H groups in total. The third-order valence-electron chi connectivity index (χ3n) is 6.35. The summed E-state index contributed by atoms with van der Waals surface area (Å²) in [6, 6.07) is 19.5. The number of hydrogen-bond donors (Lipinski definition) is 1. The van der Waals surface area contributed by atoms with E-state index in [0.717, 1.165) is 34.9 Å². The number of aromatic carboxylic acids is 1. The molecular formula is C29H20Cl2N2O5. The molecule has 3 aromatic carbocycles. The molecule has 9 heteroatoms. The number of nitrogens with zero attached hydrogens (tertiary/aromatic N) is 2. The summed E-state index contributed by atoms with van der Waals surface area (Å²) in [6.07, 6.45) is 3.58. The third-order valence-corrected chi connectivity index (χ3v) is 6.98. The Balaban J connectivity index is 1.25. The van der Waals surface area contributed by atoms with Gasteiger partial charge in [0, 0.05) is 17.7 Å². The molecule has 0 amide bonds. The Bertz CT molecular complexity index is 1660. The number of hydrogen-bond acceptors (Lipinski definition) is 6. The van der Waals surface area contributed by atoms with Crippen LogP contribution in [0.15, 0.2) is 77.4 Å². The second kappa shape index (κ2) is 10.0. The summed E-state index contributed by atoms with van der Waals surface area (Å²) < 4.78 is 17.7. The minimum Gasteiger partial charge on any atom is -0.489 e. The fourth-order valence-electron chi connectivity index (χ4n) is 4.31. The van der Waals surface area contributed by atoms with Crippen molar-refractivity contribution >= 4 is 39.9 Å². The van der Waals surface area contributed by atoms with Crippen molar-refractivity contribution in [3.8, 4) is 28.6 Å². The summed E-state index contributed by atoms with van der Waals surface area (Å²) in [5.74, 6) is 1.22. The maximum atomic E-state index is 11.4. The second-order valence-corrected chi connectivity index (χ2v) is 9.78. The average molecular weight is 547 g/mol. The predicted molar refractivity (Wildman–Crippen MR) is 143 cm³/mol. The molecule has 0 saturated heterocycles. The van der Waals surface area contributed by atoms with Crippen LogP contribution in [0, 0.1) is 0 Å². The lowest BCUT2D eigenvalue weighted by Gasteiger charge is -2.11. The average Bonchev–Trinajstić information content (AvgIpc) is 3.67. The number of aromatic nitrogens is 2. The summed E-state index contributed by atoms with van der Waals surface area (Å²) >= 11 is 12.9. The number of benzene rings is 3. The second-order valence-electron chi connectivity index (χ2n) is 8.97. The van der Waals surface area contributed by atoms with Crippen LogP contribution in [0.3, 0.4) is 0 Å². The molecule has 0 atom stereocenters. The molecule has 190 valence electrons. The lowest BCUT2D eigenvalue weighted by atomic mass is 10.0. The van der Waals surface area contributed by atoms with Gasteiger partial charge in [0.2, 0.25) is 5.88 Å². The van der Waals surface area contributed by atoms with E-state index in [0.29, 0.717) is 38.7 Å². The maximum absolute atomic E-state index is 11.4. The van der Waals surface area contributed by atoms with Crippen molar-refractivity contribution in [2.45, 2.75) is 25.4 Å². The lowest BCUT2D eigenvalue weighted by molar-refractivity contribution is 0.0693. The molecule has 2 heterocycles. The van der Waals surface area contributed by atoms with E-state index in [1.54, 1.807) is 30.3 Å². The Hall–Kier alpha value is -4.07. The Morgan fingerprint density at radius 3 is 2.39 bits per heavy atom. The van der Waals surface area contributed by atoms with Gasteiger partial charge in [0.15, 0.2) is 0 Å². The number of fused-ring (bicyclic) bond motifs is 1. The highest BCUT2D eigenvalue weighted by Crippen LogP contribution is 2.46. The zero-order valence-electron chi connectivity index (χ0n) is 19.9. The van der Waals surface area contributed by atoms with E-state index in [1.165, 1.54) is 12.3 Å². The molecular weight excluding hydrogens is 527 g/mol. The van der Waals surface area contributed by atoms with Gasteiger partial charge < -0.3 is 19.1 Å². The minimum atomic E-state index is -1.10. The van der Waals surface area contributed by atoms with Gasteiger partial charge in [-0.15, -0.1) is 0 Å². The van der Waals surface area contributed by atoms with Crippen LogP contribution in [0.1, 0.15) is 40.4 Å². The molecule has 0 radical (unpaired) electrons. The van der Waals surface area contributed by atoms with Crippen LogP contribution in [0.5, 0.6) is 17.4 Å². The monoisotopic (exact) mass is 546 g/mol. The molecule has 0 bridgehead atoms. The highest BCUT2D eigenvalue weighted by atomic mass is 35.5. The number of ether oxygens (including phenoxy) is 2. The van der Waals surface area contributed by atoms with E-state index < -0.39 is 5.97 Å². The van der Waals surface area contributed by atoms with Crippen LogP contribution in [0.2, 0.25) is 10.0 Å². The van der Waals surface area contributed by atoms with Gasteiger partial charge in [-0.25, -0.2) is 9.78 Å². The summed E-state index contributed by atoms with van der Waals surface area (Å²) in [4.78, 5) is 15.5.